The topological polar surface area (TPSA) is 150 Å². The number of anilines is 4. The van der Waals surface area contributed by atoms with Gasteiger partial charge in [-0.15, -0.1) is 0 Å². The second-order valence-electron chi connectivity index (χ2n) is 16.4. The SMILES string of the molecule is CC(C)c1cc(N2C(=S)N(c3ccc(C#N)c(C(F)(F)F)c3)C(=O)C2(C)C)ccc1OCCN1C[C@@H](C)N(CC(=O)Nc2cc(F)cc(NC3CCC(=O)NC3=O)c2)[C@@H](C)C1. The third-order valence-corrected chi connectivity index (χ3v) is 11.5. The molecule has 4 amide bonds. The predicted molar refractivity (Wildman–Crippen MR) is 226 cm³/mol. The van der Waals surface area contributed by atoms with Crippen LogP contribution in [0, 0.1) is 17.1 Å². The van der Waals surface area contributed by atoms with E-state index in [0.29, 0.717) is 43.4 Å². The number of nitrogens with one attached hydrogen (secondary N) is 3. The molecule has 3 N–H and O–H groups in total. The first kappa shape index (κ1) is 44.9. The quantitative estimate of drug-likeness (QED) is 0.106. The Morgan fingerprint density at radius 3 is 2.33 bits per heavy atom. The molecule has 0 saturated carbocycles. The molecule has 3 atom stereocenters. The molecule has 3 aliphatic rings. The summed E-state index contributed by atoms with van der Waals surface area (Å²) in [5.74, 6) is -1.66. The lowest BCUT2D eigenvalue weighted by molar-refractivity contribution is -0.138. The normalized spacial score (nSPS) is 21.1. The Labute approximate surface area is 357 Å². The monoisotopic (exact) mass is 864 g/mol. The number of carbonyl (C=O) groups excluding carboxylic acids is 4. The molecule has 18 heteroatoms. The van der Waals surface area contributed by atoms with Crippen molar-refractivity contribution in [3.8, 4) is 11.8 Å². The van der Waals surface area contributed by atoms with E-state index in [1.54, 1.807) is 43.0 Å². The zero-order valence-corrected chi connectivity index (χ0v) is 35.5. The molecule has 3 saturated heterocycles. The Balaban J connectivity index is 1.06. The van der Waals surface area contributed by atoms with Crippen LogP contribution < -0.4 is 30.5 Å². The van der Waals surface area contributed by atoms with Crippen LogP contribution in [0.3, 0.4) is 0 Å². The largest absolute Gasteiger partial charge is 0.492 e. The first-order chi connectivity index (χ1) is 28.7. The van der Waals surface area contributed by atoms with Crippen LogP contribution in [0.5, 0.6) is 5.75 Å². The number of piperazine rings is 1. The summed E-state index contributed by atoms with van der Waals surface area (Å²) in [4.78, 5) is 57.7. The maximum absolute atomic E-state index is 14.5. The van der Waals surface area contributed by atoms with Crippen molar-refractivity contribution >= 4 is 63.7 Å². The Morgan fingerprint density at radius 2 is 1.69 bits per heavy atom. The summed E-state index contributed by atoms with van der Waals surface area (Å²) in [7, 11) is 0. The number of amides is 4. The Morgan fingerprint density at radius 1 is 1.02 bits per heavy atom. The number of piperidine rings is 1. The number of hydrogen-bond donors (Lipinski definition) is 3. The van der Waals surface area contributed by atoms with Crippen molar-refractivity contribution in [1.29, 1.82) is 5.26 Å². The van der Waals surface area contributed by atoms with Crippen molar-refractivity contribution in [1.82, 2.24) is 15.1 Å². The van der Waals surface area contributed by atoms with Crippen LogP contribution in [-0.4, -0.2) is 95.0 Å². The standard InChI is InChI=1S/C43H48F4N8O5S/c1-24(2)33-18-32(55-41(61)54(40(59)42(55,5)6)31-8-7-27(20-48)34(19-31)43(45,46)47)9-11-36(33)60-14-13-52-21-25(3)53(26(4)22-52)23-38(57)50-30-16-28(44)15-29(17-30)49-35-10-12-37(56)51-39(35)58/h7-9,11,15-19,24-26,35,49H,10,12-14,21-23H2,1-6H3,(H,50,57)(H,51,56,58)/t25-,26+,35?. The summed E-state index contributed by atoms with van der Waals surface area (Å²) in [5.41, 5.74) is -1.11. The highest BCUT2D eigenvalue weighted by molar-refractivity contribution is 7.81. The summed E-state index contributed by atoms with van der Waals surface area (Å²) in [6.45, 7) is 13.7. The Hall–Kier alpha value is -5.64. The second kappa shape index (κ2) is 17.8. The van der Waals surface area contributed by atoms with E-state index in [9.17, 15) is 42.0 Å². The van der Waals surface area contributed by atoms with Crippen LogP contribution in [0.25, 0.3) is 0 Å². The smallest absolute Gasteiger partial charge is 0.417 e. The molecule has 3 aromatic carbocycles. The number of nitrogens with zero attached hydrogens (tertiary/aromatic N) is 5. The van der Waals surface area contributed by atoms with Gasteiger partial charge in [-0.1, -0.05) is 13.8 Å². The van der Waals surface area contributed by atoms with Gasteiger partial charge in [-0.3, -0.25) is 39.2 Å². The highest BCUT2D eigenvalue weighted by Crippen LogP contribution is 2.41. The molecule has 0 spiro atoms. The number of nitriles is 1. The van der Waals surface area contributed by atoms with Crippen LogP contribution in [0.15, 0.2) is 54.6 Å². The highest BCUT2D eigenvalue weighted by atomic mass is 32.1. The molecule has 61 heavy (non-hydrogen) atoms. The summed E-state index contributed by atoms with van der Waals surface area (Å²) >= 11 is 5.74. The number of halogens is 4. The second-order valence-corrected chi connectivity index (χ2v) is 16.8. The third-order valence-electron chi connectivity index (χ3n) is 11.2. The minimum atomic E-state index is -4.81. The fourth-order valence-corrected chi connectivity index (χ4v) is 8.63. The number of thiocarbonyl (C=S) groups is 1. The van der Waals surface area contributed by atoms with Crippen LogP contribution in [-0.2, 0) is 25.4 Å². The van der Waals surface area contributed by atoms with E-state index in [2.05, 4.69) is 25.8 Å². The van der Waals surface area contributed by atoms with E-state index in [4.69, 9.17) is 17.0 Å². The Kier molecular flexibility index (Phi) is 13.1. The van der Waals surface area contributed by atoms with Gasteiger partial charge < -0.3 is 20.3 Å². The van der Waals surface area contributed by atoms with Crippen LogP contribution in [0.1, 0.15) is 77.0 Å². The fraction of sp³-hybridized carbons (Fsp3) is 0.442. The summed E-state index contributed by atoms with van der Waals surface area (Å²) in [6, 6.07) is 13.3. The van der Waals surface area contributed by atoms with Crippen molar-refractivity contribution in [2.75, 3.05) is 53.2 Å². The van der Waals surface area contributed by atoms with E-state index >= 15 is 0 Å². The van der Waals surface area contributed by atoms with Gasteiger partial charge in [0.25, 0.3) is 5.91 Å². The van der Waals surface area contributed by atoms with E-state index < -0.39 is 46.5 Å². The van der Waals surface area contributed by atoms with Crippen LogP contribution in [0.4, 0.5) is 40.3 Å². The third kappa shape index (κ3) is 9.79. The van der Waals surface area contributed by atoms with Crippen LogP contribution >= 0.6 is 12.2 Å². The van der Waals surface area contributed by atoms with Gasteiger partial charge in [0, 0.05) is 55.2 Å². The highest BCUT2D eigenvalue weighted by Gasteiger charge is 2.51. The van der Waals surface area contributed by atoms with Gasteiger partial charge in [-0.05, 0) is 112 Å². The average molecular weight is 865 g/mol. The van der Waals surface area contributed by atoms with E-state index in [0.717, 1.165) is 22.6 Å². The molecule has 324 valence electrons. The van der Waals surface area contributed by atoms with Gasteiger partial charge in [-0.25, -0.2) is 4.39 Å². The zero-order chi connectivity index (χ0) is 44.6. The lowest BCUT2D eigenvalue weighted by atomic mass is 9.98. The lowest BCUT2D eigenvalue weighted by Gasteiger charge is -2.44. The first-order valence-corrected chi connectivity index (χ1v) is 20.3. The maximum atomic E-state index is 14.5. The summed E-state index contributed by atoms with van der Waals surface area (Å²) in [6.07, 6.45) is -4.38. The average Bonchev–Trinajstić information content (AvgIpc) is 3.35. The number of alkyl halides is 3. The van der Waals surface area contributed by atoms with Crippen molar-refractivity contribution < 1.29 is 41.5 Å². The van der Waals surface area contributed by atoms with Gasteiger partial charge >= 0.3 is 6.18 Å². The molecule has 0 aliphatic carbocycles. The van der Waals surface area contributed by atoms with Crippen molar-refractivity contribution in [3.05, 3.63) is 77.1 Å². The molecule has 3 heterocycles. The molecule has 13 nitrogen and oxygen atoms in total. The molecule has 3 fully saturated rings. The minimum Gasteiger partial charge on any atom is -0.492 e. The number of ether oxygens (including phenoxy) is 1. The van der Waals surface area contributed by atoms with Crippen molar-refractivity contribution in [2.45, 2.75) is 90.1 Å². The number of imide groups is 1. The van der Waals surface area contributed by atoms with Gasteiger partial charge in [0.2, 0.25) is 17.7 Å². The first-order valence-electron chi connectivity index (χ1n) is 19.9. The number of rotatable bonds is 12. The minimum absolute atomic E-state index is 0.00139. The summed E-state index contributed by atoms with van der Waals surface area (Å²) < 4.78 is 62.3. The van der Waals surface area contributed by atoms with Crippen molar-refractivity contribution in [2.24, 2.45) is 0 Å². The lowest BCUT2D eigenvalue weighted by Crippen LogP contribution is -2.58. The molecular formula is C43H48F4N8O5S. The van der Waals surface area contributed by atoms with Gasteiger partial charge in [0.15, 0.2) is 5.11 Å². The van der Waals surface area contributed by atoms with E-state index in [1.165, 1.54) is 18.2 Å². The fourth-order valence-electron chi connectivity index (χ4n) is 8.11. The molecule has 0 aromatic heterocycles. The Bertz CT molecular complexity index is 2270. The van der Waals surface area contributed by atoms with Gasteiger partial charge in [-0.2, -0.15) is 18.4 Å². The molecule has 0 bridgehead atoms. The number of benzene rings is 3. The van der Waals surface area contributed by atoms with Gasteiger partial charge in [0.05, 0.1) is 29.4 Å². The van der Waals surface area contributed by atoms with Crippen molar-refractivity contribution in [3.63, 3.8) is 0 Å². The van der Waals surface area contributed by atoms with E-state index in [-0.39, 0.29) is 65.7 Å². The molecule has 0 radical (unpaired) electrons. The summed E-state index contributed by atoms with van der Waals surface area (Å²) in [5, 5.41) is 17.2. The zero-order valence-electron chi connectivity index (χ0n) is 34.7. The van der Waals surface area contributed by atoms with Crippen LogP contribution in [0.2, 0.25) is 0 Å². The number of carbonyl (C=O) groups is 4. The molecule has 3 aliphatic heterocycles. The molecule has 1 unspecified atom stereocenters. The number of hydrogen-bond acceptors (Lipinski definition) is 10. The van der Waals surface area contributed by atoms with E-state index in [1.807, 2.05) is 33.8 Å². The molecule has 3 aromatic rings. The predicted octanol–water partition coefficient (Wildman–Crippen LogP) is 6.39. The molecular weight excluding hydrogens is 817 g/mol. The molecule has 6 rings (SSSR count). The maximum Gasteiger partial charge on any atom is 0.417 e. The van der Waals surface area contributed by atoms with Gasteiger partial charge in [0.1, 0.15) is 29.8 Å².